The maximum Gasteiger partial charge on any atom is 0.357 e. The SMILES string of the molecule is CC(C)C(=O)OOc1cccc(N2CCN(C(=O)c3ccc(I)cc3)CC2)c1. The standard InChI is InChI=1S/C21H23IN2O4/c1-15(2)21(26)28-27-19-5-3-4-18(14-19)23-10-12-24(13-11-23)20(25)16-6-8-17(22)9-7-16/h3-9,14-15H,10-13H2,1-2H3. The van der Waals surface area contributed by atoms with E-state index in [-0.39, 0.29) is 11.8 Å². The number of carbonyl (C=O) groups is 2. The first-order valence-corrected chi connectivity index (χ1v) is 10.3. The third kappa shape index (κ3) is 5.15. The lowest BCUT2D eigenvalue weighted by Gasteiger charge is -2.36. The molecule has 0 aromatic heterocycles. The zero-order valence-corrected chi connectivity index (χ0v) is 18.1. The lowest BCUT2D eigenvalue weighted by atomic mass is 10.1. The minimum atomic E-state index is -0.409. The zero-order valence-electron chi connectivity index (χ0n) is 15.9. The van der Waals surface area contributed by atoms with Crippen LogP contribution in [0.1, 0.15) is 24.2 Å². The van der Waals surface area contributed by atoms with Crippen LogP contribution in [0.5, 0.6) is 5.75 Å². The molecule has 6 nitrogen and oxygen atoms in total. The van der Waals surface area contributed by atoms with Crippen LogP contribution in [0.3, 0.4) is 0 Å². The van der Waals surface area contributed by atoms with E-state index >= 15 is 0 Å². The number of halogens is 1. The minimum absolute atomic E-state index is 0.0636. The summed E-state index contributed by atoms with van der Waals surface area (Å²) < 4.78 is 1.11. The van der Waals surface area contributed by atoms with Gasteiger partial charge in [0.25, 0.3) is 5.91 Å². The molecule has 1 aliphatic rings. The Hall–Kier alpha value is -2.29. The Bertz CT molecular complexity index is 831. The molecule has 0 saturated carbocycles. The molecule has 0 unspecified atom stereocenters. The summed E-state index contributed by atoms with van der Waals surface area (Å²) in [6.45, 7) is 6.26. The summed E-state index contributed by atoms with van der Waals surface area (Å²) in [4.78, 5) is 38.2. The van der Waals surface area contributed by atoms with Crippen LogP contribution < -0.4 is 9.79 Å². The number of anilines is 1. The van der Waals surface area contributed by atoms with E-state index in [1.807, 2.05) is 47.4 Å². The second kappa shape index (κ2) is 9.27. The predicted octanol–water partition coefficient (Wildman–Crippen LogP) is 3.75. The molecular weight excluding hydrogens is 471 g/mol. The lowest BCUT2D eigenvalue weighted by molar-refractivity contribution is -0.217. The average Bonchev–Trinajstić information content (AvgIpc) is 2.72. The number of hydrogen-bond acceptors (Lipinski definition) is 5. The zero-order chi connectivity index (χ0) is 20.1. The first-order chi connectivity index (χ1) is 13.4. The normalized spacial score (nSPS) is 14.1. The quantitative estimate of drug-likeness (QED) is 0.360. The van der Waals surface area contributed by atoms with Gasteiger partial charge in [0.2, 0.25) is 0 Å². The van der Waals surface area contributed by atoms with E-state index in [0.29, 0.717) is 18.8 Å². The molecule has 28 heavy (non-hydrogen) atoms. The van der Waals surface area contributed by atoms with Crippen molar-refractivity contribution >= 4 is 40.2 Å². The van der Waals surface area contributed by atoms with Crippen molar-refractivity contribution in [2.75, 3.05) is 31.1 Å². The predicted molar refractivity (Wildman–Crippen MR) is 115 cm³/mol. The fourth-order valence-electron chi connectivity index (χ4n) is 2.86. The van der Waals surface area contributed by atoms with Crippen molar-refractivity contribution < 1.29 is 19.4 Å². The fraction of sp³-hybridized carbons (Fsp3) is 0.333. The Morgan fingerprint density at radius 2 is 1.68 bits per heavy atom. The first-order valence-electron chi connectivity index (χ1n) is 9.22. The van der Waals surface area contributed by atoms with Gasteiger partial charge in [-0.15, -0.1) is 0 Å². The number of benzene rings is 2. The van der Waals surface area contributed by atoms with Gasteiger partial charge in [0, 0.05) is 47.1 Å². The van der Waals surface area contributed by atoms with E-state index in [1.165, 1.54) is 0 Å². The number of rotatable bonds is 5. The van der Waals surface area contributed by atoms with E-state index in [2.05, 4.69) is 27.5 Å². The molecule has 7 heteroatoms. The smallest absolute Gasteiger partial charge is 0.357 e. The van der Waals surface area contributed by atoms with Crippen molar-refractivity contribution in [3.8, 4) is 5.75 Å². The van der Waals surface area contributed by atoms with Gasteiger partial charge in [-0.1, -0.05) is 19.9 Å². The molecule has 0 N–H and O–H groups in total. The van der Waals surface area contributed by atoms with Crippen molar-refractivity contribution in [3.63, 3.8) is 0 Å². The molecule has 0 aliphatic carbocycles. The molecule has 0 bridgehead atoms. The molecule has 0 radical (unpaired) electrons. The maximum atomic E-state index is 12.6. The minimum Gasteiger partial charge on any atom is -0.368 e. The maximum absolute atomic E-state index is 12.6. The monoisotopic (exact) mass is 494 g/mol. The molecule has 1 heterocycles. The number of piperazine rings is 1. The van der Waals surface area contributed by atoms with Crippen molar-refractivity contribution in [3.05, 3.63) is 57.7 Å². The summed E-state index contributed by atoms with van der Waals surface area (Å²) in [5, 5.41) is 0. The largest absolute Gasteiger partial charge is 0.368 e. The van der Waals surface area contributed by atoms with E-state index in [0.717, 1.165) is 27.9 Å². The van der Waals surface area contributed by atoms with Gasteiger partial charge in [0.05, 0.1) is 5.92 Å². The van der Waals surface area contributed by atoms with Crippen LogP contribution in [0, 0.1) is 9.49 Å². The second-order valence-corrected chi connectivity index (χ2v) is 8.17. The molecule has 148 valence electrons. The molecule has 0 atom stereocenters. The Morgan fingerprint density at radius 3 is 2.32 bits per heavy atom. The topological polar surface area (TPSA) is 59.1 Å². The summed E-state index contributed by atoms with van der Waals surface area (Å²) in [6, 6.07) is 15.1. The van der Waals surface area contributed by atoms with Crippen LogP contribution >= 0.6 is 22.6 Å². The van der Waals surface area contributed by atoms with Crippen LogP contribution in [0.4, 0.5) is 5.69 Å². The van der Waals surface area contributed by atoms with Crippen LogP contribution in [-0.2, 0) is 9.68 Å². The van der Waals surface area contributed by atoms with Crippen LogP contribution in [-0.4, -0.2) is 43.0 Å². The van der Waals surface area contributed by atoms with Gasteiger partial charge in [-0.25, -0.2) is 4.79 Å². The van der Waals surface area contributed by atoms with E-state index in [4.69, 9.17) is 9.78 Å². The Balaban J connectivity index is 1.57. The summed E-state index contributed by atoms with van der Waals surface area (Å²) in [6.07, 6.45) is 0. The lowest BCUT2D eigenvalue weighted by Crippen LogP contribution is -2.48. The third-order valence-corrected chi connectivity index (χ3v) is 5.25. The highest BCUT2D eigenvalue weighted by molar-refractivity contribution is 14.1. The summed E-state index contributed by atoms with van der Waals surface area (Å²) in [5.41, 5.74) is 1.69. The van der Waals surface area contributed by atoms with Gasteiger partial charge in [-0.3, -0.25) is 14.6 Å². The molecule has 0 spiro atoms. The van der Waals surface area contributed by atoms with Gasteiger partial charge in [-0.2, -0.15) is 0 Å². The fourth-order valence-corrected chi connectivity index (χ4v) is 3.22. The van der Waals surface area contributed by atoms with E-state index in [9.17, 15) is 9.59 Å². The van der Waals surface area contributed by atoms with E-state index in [1.54, 1.807) is 19.9 Å². The molecule has 3 rings (SSSR count). The van der Waals surface area contributed by atoms with Crippen molar-refractivity contribution in [1.29, 1.82) is 0 Å². The molecule has 1 aliphatic heterocycles. The second-order valence-electron chi connectivity index (χ2n) is 6.92. The van der Waals surface area contributed by atoms with Gasteiger partial charge >= 0.3 is 5.97 Å². The molecule has 1 saturated heterocycles. The van der Waals surface area contributed by atoms with Gasteiger partial charge in [0.15, 0.2) is 5.75 Å². The molecule has 1 fully saturated rings. The Labute approximate surface area is 178 Å². The van der Waals surface area contributed by atoms with Gasteiger partial charge in [0.1, 0.15) is 0 Å². The van der Waals surface area contributed by atoms with Crippen LogP contribution in [0.25, 0.3) is 0 Å². The van der Waals surface area contributed by atoms with Crippen molar-refractivity contribution in [1.82, 2.24) is 4.90 Å². The molecule has 2 aromatic carbocycles. The number of hydrogen-bond donors (Lipinski definition) is 0. The van der Waals surface area contributed by atoms with Crippen molar-refractivity contribution in [2.45, 2.75) is 13.8 Å². The number of carbonyl (C=O) groups excluding carboxylic acids is 2. The summed E-state index contributed by atoms with van der Waals surface area (Å²) in [7, 11) is 0. The highest BCUT2D eigenvalue weighted by Gasteiger charge is 2.22. The first kappa shape index (κ1) is 20.4. The van der Waals surface area contributed by atoms with Crippen LogP contribution in [0.15, 0.2) is 48.5 Å². The van der Waals surface area contributed by atoms with E-state index < -0.39 is 5.97 Å². The highest BCUT2D eigenvalue weighted by atomic mass is 127. The Morgan fingerprint density at radius 1 is 1.00 bits per heavy atom. The molecule has 2 aromatic rings. The van der Waals surface area contributed by atoms with Crippen molar-refractivity contribution in [2.24, 2.45) is 5.92 Å². The number of nitrogens with zero attached hydrogens (tertiary/aromatic N) is 2. The van der Waals surface area contributed by atoms with Crippen LogP contribution in [0.2, 0.25) is 0 Å². The third-order valence-electron chi connectivity index (χ3n) is 4.53. The Kier molecular flexibility index (Phi) is 6.77. The average molecular weight is 494 g/mol. The summed E-state index contributed by atoms with van der Waals surface area (Å²) in [5.74, 6) is -0.118. The molecule has 1 amide bonds. The highest BCUT2D eigenvalue weighted by Crippen LogP contribution is 2.23. The van der Waals surface area contributed by atoms with Gasteiger partial charge in [-0.05, 0) is 59.0 Å². The number of amides is 1. The summed E-state index contributed by atoms with van der Waals surface area (Å²) >= 11 is 2.23. The van der Waals surface area contributed by atoms with Gasteiger partial charge < -0.3 is 9.80 Å². The molecular formula is C21H23IN2O4.